The van der Waals surface area contributed by atoms with Crippen molar-refractivity contribution >= 4 is 22.8 Å². The number of carbonyl (C=O) groups is 1. The maximum absolute atomic E-state index is 13.1. The lowest BCUT2D eigenvalue weighted by Gasteiger charge is -2.25. The van der Waals surface area contributed by atoms with Gasteiger partial charge in [-0.2, -0.15) is 0 Å². The first-order chi connectivity index (χ1) is 15.3. The molecule has 0 N–H and O–H groups in total. The number of hydrogen-bond donors (Lipinski definition) is 0. The topological polar surface area (TPSA) is 20.3 Å². The Hall–Kier alpha value is -3.65. The van der Waals surface area contributed by atoms with Crippen LogP contribution >= 0.6 is 0 Å². The highest BCUT2D eigenvalue weighted by atomic mass is 16.1. The van der Waals surface area contributed by atoms with Crippen LogP contribution in [0.2, 0.25) is 0 Å². The monoisotopic (exact) mass is 419 g/mol. The predicted molar refractivity (Wildman–Crippen MR) is 134 cm³/mol. The second kappa shape index (κ2) is 8.84. The lowest BCUT2D eigenvalue weighted by atomic mass is 9.86. The first kappa shape index (κ1) is 21.6. The molecule has 0 aliphatic rings. The third kappa shape index (κ3) is 4.65. The van der Waals surface area contributed by atoms with Crippen LogP contribution in [0.5, 0.6) is 0 Å². The highest BCUT2D eigenvalue weighted by molar-refractivity contribution is 6.09. The Morgan fingerprint density at radius 3 is 1.53 bits per heavy atom. The van der Waals surface area contributed by atoms with Crippen molar-refractivity contribution in [2.45, 2.75) is 33.1 Å². The minimum Gasteiger partial charge on any atom is -0.311 e. The zero-order valence-electron chi connectivity index (χ0n) is 19.2. The molecule has 2 heteroatoms. The van der Waals surface area contributed by atoms with Gasteiger partial charge in [-0.25, -0.2) is 0 Å². The van der Waals surface area contributed by atoms with Gasteiger partial charge in [-0.15, -0.1) is 0 Å². The molecule has 0 unspecified atom stereocenters. The van der Waals surface area contributed by atoms with Gasteiger partial charge in [-0.3, -0.25) is 4.79 Å². The van der Waals surface area contributed by atoms with E-state index in [1.807, 2.05) is 54.6 Å². The second-order valence-electron chi connectivity index (χ2n) is 9.21. The molecular weight excluding hydrogens is 390 g/mol. The van der Waals surface area contributed by atoms with Gasteiger partial charge >= 0.3 is 0 Å². The summed E-state index contributed by atoms with van der Waals surface area (Å²) in [5.74, 6) is 0.0404. The summed E-state index contributed by atoms with van der Waals surface area (Å²) in [6.07, 6.45) is 0. The van der Waals surface area contributed by atoms with Gasteiger partial charge < -0.3 is 4.90 Å². The molecule has 0 radical (unpaired) electrons. The van der Waals surface area contributed by atoms with Crippen LogP contribution < -0.4 is 4.90 Å². The number of rotatable bonds is 5. The van der Waals surface area contributed by atoms with E-state index in [-0.39, 0.29) is 11.2 Å². The summed E-state index contributed by atoms with van der Waals surface area (Å²) in [5, 5.41) is 0. The molecule has 0 aromatic heterocycles. The van der Waals surface area contributed by atoms with Crippen LogP contribution in [0.4, 0.5) is 17.1 Å². The maximum atomic E-state index is 13.1. The number of aryl methyl sites for hydroxylation is 1. The Kier molecular flexibility index (Phi) is 5.96. The highest BCUT2D eigenvalue weighted by Crippen LogP contribution is 2.34. The summed E-state index contributed by atoms with van der Waals surface area (Å²) >= 11 is 0. The van der Waals surface area contributed by atoms with Crippen molar-refractivity contribution in [1.29, 1.82) is 0 Å². The zero-order chi connectivity index (χ0) is 22.7. The van der Waals surface area contributed by atoms with E-state index in [1.54, 1.807) is 0 Å². The fraction of sp³-hybridized carbons (Fsp3) is 0.167. The smallest absolute Gasteiger partial charge is 0.193 e. The van der Waals surface area contributed by atoms with Crippen LogP contribution in [0.15, 0.2) is 103 Å². The lowest BCUT2D eigenvalue weighted by molar-refractivity contribution is 0.103. The average Bonchev–Trinajstić information content (AvgIpc) is 2.81. The fourth-order valence-corrected chi connectivity index (χ4v) is 3.77. The Labute approximate surface area is 191 Å². The van der Waals surface area contributed by atoms with Crippen molar-refractivity contribution < 1.29 is 4.79 Å². The molecule has 4 aromatic carbocycles. The van der Waals surface area contributed by atoms with Gasteiger partial charge in [-0.05, 0) is 66.4 Å². The van der Waals surface area contributed by atoms with Gasteiger partial charge in [0.05, 0.1) is 0 Å². The Morgan fingerprint density at radius 1 is 0.594 bits per heavy atom. The Balaban J connectivity index is 1.64. The number of ketones is 1. The molecule has 0 amide bonds. The summed E-state index contributed by atoms with van der Waals surface area (Å²) < 4.78 is 0. The quantitative estimate of drug-likeness (QED) is 0.305. The van der Waals surface area contributed by atoms with Gasteiger partial charge in [-0.1, -0.05) is 80.9 Å². The van der Waals surface area contributed by atoms with Crippen LogP contribution in [0.25, 0.3) is 0 Å². The number of benzene rings is 4. The molecule has 0 aliphatic carbocycles. The summed E-state index contributed by atoms with van der Waals surface area (Å²) in [6, 6.07) is 34.6. The van der Waals surface area contributed by atoms with E-state index in [9.17, 15) is 4.79 Å². The molecule has 0 bridgehead atoms. The van der Waals surface area contributed by atoms with Gasteiger partial charge in [0.2, 0.25) is 0 Å². The standard InChI is InChI=1S/C30H29NO/c1-22-10-18-27(19-11-22)31(26-8-6-5-7-9-26)28-20-14-24(15-21-28)29(32)23-12-16-25(17-13-23)30(2,3)4/h5-21H,1-4H3. The molecule has 160 valence electrons. The van der Waals surface area contributed by atoms with E-state index in [2.05, 4.69) is 81.1 Å². The molecule has 0 aliphatic heterocycles. The van der Waals surface area contributed by atoms with Crippen molar-refractivity contribution in [1.82, 2.24) is 0 Å². The molecule has 2 nitrogen and oxygen atoms in total. The van der Waals surface area contributed by atoms with E-state index < -0.39 is 0 Å². The molecule has 0 saturated carbocycles. The normalized spacial score (nSPS) is 11.2. The van der Waals surface area contributed by atoms with E-state index in [0.717, 1.165) is 17.1 Å². The second-order valence-corrected chi connectivity index (χ2v) is 9.21. The van der Waals surface area contributed by atoms with Crippen LogP contribution in [-0.2, 0) is 5.41 Å². The molecule has 4 rings (SSSR count). The number of nitrogens with zero attached hydrogens (tertiary/aromatic N) is 1. The third-order valence-corrected chi connectivity index (χ3v) is 5.71. The Bertz CT molecular complexity index is 1180. The van der Waals surface area contributed by atoms with E-state index >= 15 is 0 Å². The molecule has 32 heavy (non-hydrogen) atoms. The van der Waals surface area contributed by atoms with Crippen molar-refractivity contribution in [3.8, 4) is 0 Å². The summed E-state index contributed by atoms with van der Waals surface area (Å²) in [5.41, 5.74) is 7.09. The van der Waals surface area contributed by atoms with Crippen molar-refractivity contribution in [3.05, 3.63) is 125 Å². The van der Waals surface area contributed by atoms with Crippen molar-refractivity contribution in [3.63, 3.8) is 0 Å². The largest absolute Gasteiger partial charge is 0.311 e. The van der Waals surface area contributed by atoms with Crippen molar-refractivity contribution in [2.24, 2.45) is 0 Å². The summed E-state index contributed by atoms with van der Waals surface area (Å²) in [6.45, 7) is 8.62. The number of anilines is 3. The number of hydrogen-bond acceptors (Lipinski definition) is 2. The molecule has 0 spiro atoms. The average molecular weight is 420 g/mol. The minimum atomic E-state index is 0.0404. The molecule has 0 heterocycles. The first-order valence-electron chi connectivity index (χ1n) is 11.0. The van der Waals surface area contributed by atoms with Gasteiger partial charge in [0, 0.05) is 28.2 Å². The third-order valence-electron chi connectivity index (χ3n) is 5.71. The number of carbonyl (C=O) groups excluding carboxylic acids is 1. The fourth-order valence-electron chi connectivity index (χ4n) is 3.77. The molecule has 0 fully saturated rings. The zero-order valence-corrected chi connectivity index (χ0v) is 19.2. The number of para-hydroxylation sites is 1. The maximum Gasteiger partial charge on any atom is 0.193 e. The highest BCUT2D eigenvalue weighted by Gasteiger charge is 2.16. The lowest BCUT2D eigenvalue weighted by Crippen LogP contribution is -2.12. The van der Waals surface area contributed by atoms with Crippen LogP contribution in [-0.4, -0.2) is 5.78 Å². The van der Waals surface area contributed by atoms with Crippen LogP contribution in [0.3, 0.4) is 0 Å². The first-order valence-corrected chi connectivity index (χ1v) is 11.0. The van der Waals surface area contributed by atoms with Crippen molar-refractivity contribution in [2.75, 3.05) is 4.90 Å². The SMILES string of the molecule is Cc1ccc(N(c2ccccc2)c2ccc(C(=O)c3ccc(C(C)(C)C)cc3)cc2)cc1. The van der Waals surface area contributed by atoms with E-state index in [1.165, 1.54) is 11.1 Å². The van der Waals surface area contributed by atoms with Gasteiger partial charge in [0.15, 0.2) is 5.78 Å². The molecule has 4 aromatic rings. The van der Waals surface area contributed by atoms with Gasteiger partial charge in [0.1, 0.15) is 0 Å². The molecule has 0 atom stereocenters. The Morgan fingerprint density at radius 2 is 1.03 bits per heavy atom. The molecule has 0 saturated heterocycles. The predicted octanol–water partition coefficient (Wildman–Crippen LogP) is 7.99. The molecular formula is C30H29NO. The van der Waals surface area contributed by atoms with Crippen LogP contribution in [0, 0.1) is 6.92 Å². The van der Waals surface area contributed by atoms with Gasteiger partial charge in [0.25, 0.3) is 0 Å². The summed E-state index contributed by atoms with van der Waals surface area (Å²) in [7, 11) is 0. The van der Waals surface area contributed by atoms with Crippen LogP contribution in [0.1, 0.15) is 47.8 Å². The summed E-state index contributed by atoms with van der Waals surface area (Å²) in [4.78, 5) is 15.3. The minimum absolute atomic E-state index is 0.0404. The van der Waals surface area contributed by atoms with E-state index in [0.29, 0.717) is 11.1 Å². The van der Waals surface area contributed by atoms with E-state index in [4.69, 9.17) is 0 Å².